The van der Waals surface area contributed by atoms with E-state index in [9.17, 15) is 4.79 Å². The molecule has 0 unspecified atom stereocenters. The summed E-state index contributed by atoms with van der Waals surface area (Å²) in [7, 11) is 1.88. The van der Waals surface area contributed by atoms with Gasteiger partial charge in [0.05, 0.1) is 6.54 Å². The molecule has 0 N–H and O–H groups in total. The molecule has 0 bridgehead atoms. The van der Waals surface area contributed by atoms with Crippen LogP contribution in [0.25, 0.3) is 11.3 Å². The number of aryl methyl sites for hydroxylation is 1. The molecule has 2 heterocycles. The van der Waals surface area contributed by atoms with Crippen molar-refractivity contribution < 1.29 is 9.21 Å². The van der Waals surface area contributed by atoms with Gasteiger partial charge in [-0.1, -0.05) is 48.5 Å². The van der Waals surface area contributed by atoms with Gasteiger partial charge in [-0.15, -0.1) is 0 Å². The number of hydrogen-bond acceptors (Lipinski definition) is 5. The van der Waals surface area contributed by atoms with Gasteiger partial charge in [-0.05, 0) is 12.1 Å². The van der Waals surface area contributed by atoms with Gasteiger partial charge >= 0.3 is 0 Å². The Hall–Kier alpha value is -3.28. The third-order valence-corrected chi connectivity index (χ3v) is 5.24. The number of aromatic nitrogens is 1. The number of hydrogen-bond donors (Lipinski definition) is 0. The van der Waals surface area contributed by atoms with Crippen LogP contribution in [-0.2, 0) is 4.79 Å². The molecule has 0 spiro atoms. The number of piperazine rings is 1. The Morgan fingerprint density at radius 3 is 2.28 bits per heavy atom. The fraction of sp³-hybridized carbons (Fsp3) is 0.304. The highest BCUT2D eigenvalue weighted by Crippen LogP contribution is 2.30. The van der Waals surface area contributed by atoms with E-state index in [4.69, 9.17) is 4.42 Å². The van der Waals surface area contributed by atoms with E-state index >= 15 is 0 Å². The van der Waals surface area contributed by atoms with Gasteiger partial charge in [-0.2, -0.15) is 0 Å². The molecule has 1 aliphatic heterocycles. The van der Waals surface area contributed by atoms with E-state index in [0.29, 0.717) is 11.8 Å². The second kappa shape index (κ2) is 8.39. The van der Waals surface area contributed by atoms with Crippen LogP contribution in [0, 0.1) is 6.92 Å². The lowest BCUT2D eigenvalue weighted by Crippen LogP contribution is -2.51. The molecular formula is C23H26N4O2. The fourth-order valence-corrected chi connectivity index (χ4v) is 3.69. The lowest BCUT2D eigenvalue weighted by Gasteiger charge is -2.36. The van der Waals surface area contributed by atoms with E-state index in [2.05, 4.69) is 22.0 Å². The standard InChI is InChI=1S/C23H26N4O2/c1-18-24-22(19-9-5-3-6-10-19)23(29-18)25(2)17-21(28)27-15-13-26(14-16-27)20-11-7-4-8-12-20/h3-12H,13-17H2,1-2H3. The topological polar surface area (TPSA) is 52.8 Å². The first kappa shape index (κ1) is 19.1. The smallest absolute Gasteiger partial charge is 0.242 e. The summed E-state index contributed by atoms with van der Waals surface area (Å²) in [5.41, 5.74) is 2.96. The number of carbonyl (C=O) groups excluding carboxylic acids is 1. The first-order valence-electron chi connectivity index (χ1n) is 9.93. The number of nitrogens with zero attached hydrogens (tertiary/aromatic N) is 4. The number of rotatable bonds is 5. The molecular weight excluding hydrogens is 364 g/mol. The van der Waals surface area contributed by atoms with Crippen LogP contribution in [0.4, 0.5) is 11.6 Å². The minimum atomic E-state index is 0.105. The Kier molecular flexibility index (Phi) is 5.51. The number of amides is 1. The van der Waals surface area contributed by atoms with Gasteiger partial charge in [-0.3, -0.25) is 4.79 Å². The summed E-state index contributed by atoms with van der Waals surface area (Å²) in [4.78, 5) is 23.5. The summed E-state index contributed by atoms with van der Waals surface area (Å²) in [6, 6.07) is 20.3. The monoisotopic (exact) mass is 390 g/mol. The summed E-state index contributed by atoms with van der Waals surface area (Å²) in [5, 5.41) is 0. The number of carbonyl (C=O) groups is 1. The number of benzene rings is 2. The van der Waals surface area contributed by atoms with Gasteiger partial charge < -0.3 is 19.1 Å². The molecule has 1 amide bonds. The van der Waals surface area contributed by atoms with E-state index in [1.54, 1.807) is 0 Å². The van der Waals surface area contributed by atoms with Crippen molar-refractivity contribution in [3.8, 4) is 11.3 Å². The number of oxazole rings is 1. The van der Waals surface area contributed by atoms with Crippen molar-refractivity contribution in [1.29, 1.82) is 0 Å². The molecule has 0 saturated carbocycles. The Bertz CT molecular complexity index is 948. The largest absolute Gasteiger partial charge is 0.425 e. The molecule has 1 aliphatic rings. The fourth-order valence-electron chi connectivity index (χ4n) is 3.69. The molecule has 6 heteroatoms. The normalized spacial score (nSPS) is 14.1. The summed E-state index contributed by atoms with van der Waals surface area (Å²) < 4.78 is 5.83. The van der Waals surface area contributed by atoms with E-state index in [0.717, 1.165) is 37.4 Å². The van der Waals surface area contributed by atoms with Crippen LogP contribution in [0.1, 0.15) is 5.89 Å². The van der Waals surface area contributed by atoms with Crippen LogP contribution in [0.5, 0.6) is 0 Å². The first-order chi connectivity index (χ1) is 14.1. The lowest BCUT2D eigenvalue weighted by atomic mass is 10.1. The minimum Gasteiger partial charge on any atom is -0.425 e. The van der Waals surface area contributed by atoms with E-state index in [-0.39, 0.29) is 12.5 Å². The third-order valence-electron chi connectivity index (χ3n) is 5.24. The summed E-state index contributed by atoms with van der Waals surface area (Å²) >= 11 is 0. The second-order valence-electron chi connectivity index (χ2n) is 7.31. The molecule has 0 aliphatic carbocycles. The van der Waals surface area contributed by atoms with Gasteiger partial charge in [0, 0.05) is 51.4 Å². The third kappa shape index (κ3) is 4.26. The SMILES string of the molecule is Cc1nc(-c2ccccc2)c(N(C)CC(=O)N2CCN(c3ccccc3)CC2)o1. The molecule has 3 aromatic rings. The maximum Gasteiger partial charge on any atom is 0.242 e. The van der Waals surface area contributed by atoms with Crippen molar-refractivity contribution in [1.82, 2.24) is 9.88 Å². The molecule has 29 heavy (non-hydrogen) atoms. The van der Waals surface area contributed by atoms with E-state index in [1.807, 2.05) is 72.3 Å². The molecule has 1 aromatic heterocycles. The van der Waals surface area contributed by atoms with Crippen molar-refractivity contribution in [3.63, 3.8) is 0 Å². The average molecular weight is 390 g/mol. The highest BCUT2D eigenvalue weighted by atomic mass is 16.4. The van der Waals surface area contributed by atoms with Crippen LogP contribution < -0.4 is 9.80 Å². The van der Waals surface area contributed by atoms with Gasteiger partial charge in [0.15, 0.2) is 5.89 Å². The quantitative estimate of drug-likeness (QED) is 0.668. The molecule has 6 nitrogen and oxygen atoms in total. The zero-order valence-electron chi connectivity index (χ0n) is 16.9. The highest BCUT2D eigenvalue weighted by Gasteiger charge is 2.24. The molecule has 1 fully saturated rings. The minimum absolute atomic E-state index is 0.105. The van der Waals surface area contributed by atoms with Gasteiger partial charge in [0.25, 0.3) is 0 Å². The summed E-state index contributed by atoms with van der Waals surface area (Å²) in [5.74, 6) is 1.33. The van der Waals surface area contributed by atoms with Gasteiger partial charge in [0.2, 0.25) is 11.8 Å². The van der Waals surface area contributed by atoms with Crippen molar-refractivity contribution in [2.24, 2.45) is 0 Å². The predicted molar refractivity (Wildman–Crippen MR) is 115 cm³/mol. The molecule has 2 aromatic carbocycles. The molecule has 1 saturated heterocycles. The van der Waals surface area contributed by atoms with Crippen LogP contribution in [0.3, 0.4) is 0 Å². The molecule has 150 valence electrons. The number of anilines is 2. The Balaban J connectivity index is 1.40. The summed E-state index contributed by atoms with van der Waals surface area (Å²) in [6.45, 7) is 5.23. The summed E-state index contributed by atoms with van der Waals surface area (Å²) in [6.07, 6.45) is 0. The van der Waals surface area contributed by atoms with Crippen molar-refractivity contribution >= 4 is 17.5 Å². The Morgan fingerprint density at radius 1 is 1.00 bits per heavy atom. The zero-order valence-corrected chi connectivity index (χ0v) is 16.9. The van der Waals surface area contributed by atoms with E-state index < -0.39 is 0 Å². The van der Waals surface area contributed by atoms with Crippen molar-refractivity contribution in [2.45, 2.75) is 6.92 Å². The second-order valence-corrected chi connectivity index (χ2v) is 7.31. The zero-order chi connectivity index (χ0) is 20.2. The number of para-hydroxylation sites is 1. The van der Waals surface area contributed by atoms with Gasteiger partial charge in [-0.25, -0.2) is 4.98 Å². The van der Waals surface area contributed by atoms with Crippen LogP contribution >= 0.6 is 0 Å². The van der Waals surface area contributed by atoms with Crippen LogP contribution in [0.2, 0.25) is 0 Å². The average Bonchev–Trinajstić information content (AvgIpc) is 3.17. The Morgan fingerprint density at radius 2 is 1.62 bits per heavy atom. The highest BCUT2D eigenvalue weighted by molar-refractivity contribution is 5.83. The molecule has 4 rings (SSSR count). The molecule has 0 atom stereocenters. The van der Waals surface area contributed by atoms with E-state index in [1.165, 1.54) is 5.69 Å². The van der Waals surface area contributed by atoms with Gasteiger partial charge in [0.1, 0.15) is 5.69 Å². The Labute approximate surface area is 171 Å². The maximum absolute atomic E-state index is 12.9. The van der Waals surface area contributed by atoms with Crippen molar-refractivity contribution in [3.05, 3.63) is 66.6 Å². The molecule has 0 radical (unpaired) electrons. The first-order valence-corrected chi connectivity index (χ1v) is 9.93. The van der Waals surface area contributed by atoms with Crippen molar-refractivity contribution in [2.75, 3.05) is 49.6 Å². The predicted octanol–water partition coefficient (Wildman–Crippen LogP) is 3.44. The number of likely N-dealkylation sites (N-methyl/N-ethyl adjacent to an activating group) is 1. The van der Waals surface area contributed by atoms with Crippen LogP contribution in [-0.4, -0.2) is 55.6 Å². The van der Waals surface area contributed by atoms with Crippen LogP contribution in [0.15, 0.2) is 65.1 Å². The maximum atomic E-state index is 12.9. The lowest BCUT2D eigenvalue weighted by molar-refractivity contribution is -0.130.